The van der Waals surface area contributed by atoms with Gasteiger partial charge < -0.3 is 0 Å². The fourth-order valence-electron chi connectivity index (χ4n) is 2.96. The number of hydrogen-bond donors (Lipinski definition) is 1. The highest BCUT2D eigenvalue weighted by molar-refractivity contribution is 7.90. The van der Waals surface area contributed by atoms with Crippen LogP contribution in [0.3, 0.4) is 0 Å². The second-order valence-electron chi connectivity index (χ2n) is 6.20. The molecule has 5 nitrogen and oxygen atoms in total. The van der Waals surface area contributed by atoms with Gasteiger partial charge in [-0.2, -0.15) is 5.06 Å². The van der Waals surface area contributed by atoms with E-state index in [1.165, 1.54) is 0 Å². The Hall–Kier alpha value is -1.44. The lowest BCUT2D eigenvalue weighted by atomic mass is 10.0. The van der Waals surface area contributed by atoms with Gasteiger partial charge in [-0.15, -0.1) is 0 Å². The number of rotatable bonds is 5. The summed E-state index contributed by atoms with van der Waals surface area (Å²) in [5.74, 6) is 0. The zero-order valence-electron chi connectivity index (χ0n) is 14.1. The van der Waals surface area contributed by atoms with Crippen LogP contribution in [0.2, 0.25) is 5.02 Å². The molecule has 3 rings (SSSR count). The second-order valence-corrected chi connectivity index (χ2v) is 8.59. The largest absolute Gasteiger partial charge is 0.297 e. The molecule has 7 heteroatoms. The smallest absolute Gasteiger partial charge is 0.219 e. The van der Waals surface area contributed by atoms with Crippen LogP contribution < -0.4 is 4.72 Å². The number of benzene rings is 2. The highest BCUT2D eigenvalue weighted by Gasteiger charge is 2.43. The maximum absolute atomic E-state index is 12.9. The Balaban J connectivity index is 1.80. The van der Waals surface area contributed by atoms with Gasteiger partial charge in [-0.05, 0) is 24.1 Å². The highest BCUT2D eigenvalue weighted by atomic mass is 35.5. The lowest BCUT2D eigenvalue weighted by Gasteiger charge is -2.24. The molecule has 2 aromatic rings. The van der Waals surface area contributed by atoms with Crippen LogP contribution in [-0.2, 0) is 21.4 Å². The summed E-state index contributed by atoms with van der Waals surface area (Å²) < 4.78 is 28.4. The fourth-order valence-corrected chi connectivity index (χ4v) is 4.69. The van der Waals surface area contributed by atoms with E-state index in [0.29, 0.717) is 5.02 Å². The van der Waals surface area contributed by atoms with Crippen LogP contribution in [0.1, 0.15) is 22.7 Å². The third-order valence-electron chi connectivity index (χ3n) is 4.41. The number of hydrogen-bond acceptors (Lipinski definition) is 4. The van der Waals surface area contributed by atoms with Crippen molar-refractivity contribution in [2.45, 2.75) is 24.8 Å². The van der Waals surface area contributed by atoms with Crippen LogP contribution in [0.5, 0.6) is 0 Å². The van der Waals surface area contributed by atoms with E-state index in [-0.39, 0.29) is 13.2 Å². The van der Waals surface area contributed by atoms with E-state index in [4.69, 9.17) is 16.4 Å². The average molecular weight is 381 g/mol. The van der Waals surface area contributed by atoms with Gasteiger partial charge in [0.05, 0.1) is 12.6 Å². The van der Waals surface area contributed by atoms with Crippen LogP contribution in [0.4, 0.5) is 0 Å². The van der Waals surface area contributed by atoms with E-state index < -0.39 is 21.3 Å². The normalized spacial score (nSPS) is 21.6. The van der Waals surface area contributed by atoms with Crippen LogP contribution in [0.25, 0.3) is 0 Å². The van der Waals surface area contributed by atoms with Gasteiger partial charge in [0, 0.05) is 18.6 Å². The van der Waals surface area contributed by atoms with E-state index in [2.05, 4.69) is 4.72 Å². The van der Waals surface area contributed by atoms with Crippen molar-refractivity contribution in [3.8, 4) is 0 Å². The molecule has 0 radical (unpaired) electrons. The molecule has 1 N–H and O–H groups in total. The predicted octanol–water partition coefficient (Wildman–Crippen LogP) is 3.05. The monoisotopic (exact) mass is 380 g/mol. The van der Waals surface area contributed by atoms with Crippen molar-refractivity contribution in [2.75, 3.05) is 13.7 Å². The first kappa shape index (κ1) is 18.4. The molecule has 25 heavy (non-hydrogen) atoms. The molecule has 0 amide bonds. The second kappa shape index (κ2) is 7.43. The number of halogens is 1. The van der Waals surface area contributed by atoms with Crippen molar-refractivity contribution in [1.29, 1.82) is 0 Å². The Labute approximate surface area is 153 Å². The molecule has 0 aromatic heterocycles. The molecule has 2 aromatic carbocycles. The minimum Gasteiger partial charge on any atom is -0.297 e. The van der Waals surface area contributed by atoms with Gasteiger partial charge >= 0.3 is 0 Å². The van der Waals surface area contributed by atoms with Crippen molar-refractivity contribution in [2.24, 2.45) is 0 Å². The number of sulfonamides is 1. The van der Waals surface area contributed by atoms with Crippen molar-refractivity contribution >= 4 is 21.6 Å². The summed E-state index contributed by atoms with van der Waals surface area (Å²) in [6, 6.07) is 14.6. The summed E-state index contributed by atoms with van der Waals surface area (Å²) in [7, 11) is -1.86. The van der Waals surface area contributed by atoms with Gasteiger partial charge in [0.2, 0.25) is 10.0 Å². The summed E-state index contributed by atoms with van der Waals surface area (Å²) in [6.07, 6.45) is 0. The molecule has 1 saturated heterocycles. The van der Waals surface area contributed by atoms with E-state index in [1.54, 1.807) is 18.2 Å². The van der Waals surface area contributed by atoms with E-state index in [1.807, 2.05) is 49.4 Å². The minimum absolute atomic E-state index is 0.0929. The zero-order chi connectivity index (χ0) is 18.0. The Bertz CT molecular complexity index is 840. The van der Waals surface area contributed by atoms with Gasteiger partial charge in [-0.3, -0.25) is 4.84 Å². The topological polar surface area (TPSA) is 58.6 Å². The average Bonchev–Trinajstić information content (AvgIpc) is 2.97. The molecule has 0 aliphatic carbocycles. The van der Waals surface area contributed by atoms with Gasteiger partial charge in [0.15, 0.2) is 0 Å². The van der Waals surface area contributed by atoms with E-state index in [0.717, 1.165) is 16.7 Å². The van der Waals surface area contributed by atoms with Crippen LogP contribution >= 0.6 is 11.6 Å². The van der Waals surface area contributed by atoms with Crippen LogP contribution in [0.15, 0.2) is 48.5 Å². The van der Waals surface area contributed by atoms with Gasteiger partial charge in [0.1, 0.15) is 5.25 Å². The Kier molecular flexibility index (Phi) is 5.46. The lowest BCUT2D eigenvalue weighted by molar-refractivity contribution is -0.110. The summed E-state index contributed by atoms with van der Waals surface area (Å²) in [5.41, 5.74) is 2.79. The number of hydroxylamine groups is 2. The van der Waals surface area contributed by atoms with Crippen LogP contribution in [-0.4, -0.2) is 32.4 Å². The van der Waals surface area contributed by atoms with E-state index >= 15 is 0 Å². The van der Waals surface area contributed by atoms with Crippen molar-refractivity contribution < 1.29 is 13.3 Å². The maximum atomic E-state index is 12.9. The van der Waals surface area contributed by atoms with Crippen molar-refractivity contribution in [3.05, 3.63) is 70.2 Å². The Morgan fingerprint density at radius 1 is 1.20 bits per heavy atom. The predicted molar refractivity (Wildman–Crippen MR) is 98.6 cm³/mol. The molecule has 1 aliphatic heterocycles. The van der Waals surface area contributed by atoms with Gasteiger partial charge in [0.25, 0.3) is 0 Å². The number of aryl methyl sites for hydroxylation is 1. The molecule has 1 heterocycles. The van der Waals surface area contributed by atoms with Gasteiger partial charge in [-0.1, -0.05) is 59.6 Å². The molecule has 0 unspecified atom stereocenters. The Morgan fingerprint density at radius 2 is 1.88 bits per heavy atom. The third kappa shape index (κ3) is 4.04. The third-order valence-corrected chi connectivity index (χ3v) is 6.49. The first-order chi connectivity index (χ1) is 11.9. The molecule has 0 bridgehead atoms. The highest BCUT2D eigenvalue weighted by Crippen LogP contribution is 2.36. The molecular weight excluding hydrogens is 360 g/mol. The van der Waals surface area contributed by atoms with Crippen molar-refractivity contribution in [1.82, 2.24) is 9.79 Å². The van der Waals surface area contributed by atoms with Crippen molar-refractivity contribution in [3.63, 3.8) is 0 Å². The molecule has 1 aliphatic rings. The van der Waals surface area contributed by atoms with Gasteiger partial charge in [-0.25, -0.2) is 13.1 Å². The molecule has 2 atom stereocenters. The molecule has 0 spiro atoms. The van der Waals surface area contributed by atoms with E-state index in [9.17, 15) is 8.42 Å². The summed E-state index contributed by atoms with van der Waals surface area (Å²) in [5, 5.41) is 1.36. The molecule has 1 fully saturated rings. The number of nitrogens with zero attached hydrogens (tertiary/aromatic N) is 1. The number of nitrogens with one attached hydrogen (secondary N) is 1. The standard InChI is InChI=1S/C18H21ClN2O3S/c1-13-7-9-14(10-8-13)11-20-25(22,23)17-12-24-21(2)18(17)15-5-3-4-6-16(15)19/h3-10,17-18,20H,11-12H2,1-2H3/t17-,18+/m0/s1. The molecule has 0 saturated carbocycles. The molecular formula is C18H21ClN2O3S. The summed E-state index contributed by atoms with van der Waals surface area (Å²) in [4.78, 5) is 5.50. The lowest BCUT2D eigenvalue weighted by Crippen LogP contribution is -2.39. The summed E-state index contributed by atoms with van der Waals surface area (Å²) in [6.45, 7) is 2.33. The summed E-state index contributed by atoms with van der Waals surface area (Å²) >= 11 is 6.28. The Morgan fingerprint density at radius 3 is 2.56 bits per heavy atom. The fraction of sp³-hybridized carbons (Fsp3) is 0.333. The minimum atomic E-state index is -3.59. The zero-order valence-corrected chi connectivity index (χ0v) is 15.7. The maximum Gasteiger partial charge on any atom is 0.219 e. The van der Waals surface area contributed by atoms with Crippen LogP contribution in [0, 0.1) is 6.92 Å². The SMILES string of the molecule is Cc1ccc(CNS(=O)(=O)[C@H]2CON(C)[C@@H]2c2ccccc2Cl)cc1. The molecule has 134 valence electrons. The first-order valence-corrected chi connectivity index (χ1v) is 9.95. The quantitative estimate of drug-likeness (QED) is 0.866. The first-order valence-electron chi connectivity index (χ1n) is 8.02.